The number of aryl methyl sites for hydroxylation is 1. The summed E-state index contributed by atoms with van der Waals surface area (Å²) in [5.74, 6) is -0.0988. The minimum absolute atomic E-state index is 0.0988. The number of nitrogens with zero attached hydrogens (tertiary/aromatic N) is 1. The molecule has 0 atom stereocenters. The number of nitrogens with one attached hydrogen (secondary N) is 1. The third kappa shape index (κ3) is 2.56. The number of rotatable bonds is 3. The number of halogens is 1. The Morgan fingerprint density at radius 2 is 2.06 bits per heavy atom. The van der Waals surface area contributed by atoms with Crippen molar-refractivity contribution in [3.05, 3.63) is 46.4 Å². The summed E-state index contributed by atoms with van der Waals surface area (Å²) in [7, 11) is 0. The van der Waals surface area contributed by atoms with E-state index in [0.717, 1.165) is 17.7 Å². The zero-order valence-corrected chi connectivity index (χ0v) is 11.5. The summed E-state index contributed by atoms with van der Waals surface area (Å²) < 4.78 is 13.8. The number of allylic oxidation sites excluding steroid dienone is 1. The SMILES string of the molecule is CC1=C(Cc2ccc(C)cc2F)CNN1C(C)C. The maximum Gasteiger partial charge on any atom is 0.126 e. The standard InChI is InChI=1S/C15H21FN2/c1-10(2)18-12(4)14(9-17-18)8-13-6-5-11(3)7-15(13)16/h5-7,10,17H,8-9H2,1-4H3. The van der Waals surface area contributed by atoms with Crippen LogP contribution in [0, 0.1) is 12.7 Å². The summed E-state index contributed by atoms with van der Waals surface area (Å²) in [6.07, 6.45) is 0.689. The number of hydrogen-bond donors (Lipinski definition) is 1. The van der Waals surface area contributed by atoms with Crippen molar-refractivity contribution in [3.8, 4) is 0 Å². The molecule has 1 aromatic rings. The van der Waals surface area contributed by atoms with Crippen LogP contribution in [0.1, 0.15) is 31.9 Å². The molecule has 98 valence electrons. The quantitative estimate of drug-likeness (QED) is 0.884. The van der Waals surface area contributed by atoms with Crippen molar-refractivity contribution in [2.75, 3.05) is 6.54 Å². The van der Waals surface area contributed by atoms with Crippen LogP contribution in [-0.4, -0.2) is 17.6 Å². The molecule has 1 heterocycles. The van der Waals surface area contributed by atoms with Crippen LogP contribution >= 0.6 is 0 Å². The van der Waals surface area contributed by atoms with Gasteiger partial charge in [0.25, 0.3) is 0 Å². The van der Waals surface area contributed by atoms with Gasteiger partial charge in [0.2, 0.25) is 0 Å². The first-order valence-corrected chi connectivity index (χ1v) is 6.45. The molecule has 1 aliphatic heterocycles. The molecule has 3 heteroatoms. The van der Waals surface area contributed by atoms with Crippen LogP contribution in [-0.2, 0) is 6.42 Å². The van der Waals surface area contributed by atoms with E-state index in [1.54, 1.807) is 6.07 Å². The maximum atomic E-state index is 13.8. The van der Waals surface area contributed by atoms with Gasteiger partial charge in [-0.05, 0) is 56.9 Å². The van der Waals surface area contributed by atoms with Gasteiger partial charge in [-0.25, -0.2) is 9.82 Å². The highest BCUT2D eigenvalue weighted by Gasteiger charge is 2.21. The predicted molar refractivity (Wildman–Crippen MR) is 72.5 cm³/mol. The van der Waals surface area contributed by atoms with Crippen molar-refractivity contribution in [2.24, 2.45) is 0 Å². The van der Waals surface area contributed by atoms with Crippen molar-refractivity contribution in [2.45, 2.75) is 40.2 Å². The highest BCUT2D eigenvalue weighted by molar-refractivity contribution is 5.30. The molecule has 1 aliphatic rings. The molecule has 0 bridgehead atoms. The molecule has 1 aromatic carbocycles. The second kappa shape index (κ2) is 5.11. The average molecular weight is 248 g/mol. The number of hydrogen-bond acceptors (Lipinski definition) is 2. The van der Waals surface area contributed by atoms with Crippen LogP contribution in [0.3, 0.4) is 0 Å². The van der Waals surface area contributed by atoms with Gasteiger partial charge in [-0.1, -0.05) is 12.1 Å². The van der Waals surface area contributed by atoms with E-state index in [-0.39, 0.29) is 5.82 Å². The van der Waals surface area contributed by atoms with Crippen LogP contribution in [0.5, 0.6) is 0 Å². The summed E-state index contributed by atoms with van der Waals surface area (Å²) in [5.41, 5.74) is 7.59. The first-order valence-electron chi connectivity index (χ1n) is 6.45. The molecule has 0 saturated heterocycles. The Morgan fingerprint density at radius 3 is 2.61 bits per heavy atom. The van der Waals surface area contributed by atoms with Gasteiger partial charge >= 0.3 is 0 Å². The zero-order valence-electron chi connectivity index (χ0n) is 11.5. The lowest BCUT2D eigenvalue weighted by Gasteiger charge is -2.24. The van der Waals surface area contributed by atoms with E-state index in [2.05, 4.69) is 31.2 Å². The molecule has 0 aromatic heterocycles. The molecule has 1 N–H and O–H groups in total. The minimum atomic E-state index is -0.0988. The van der Waals surface area contributed by atoms with Crippen molar-refractivity contribution in [1.82, 2.24) is 10.4 Å². The van der Waals surface area contributed by atoms with E-state index >= 15 is 0 Å². The topological polar surface area (TPSA) is 15.3 Å². The van der Waals surface area contributed by atoms with Crippen molar-refractivity contribution < 1.29 is 4.39 Å². The fourth-order valence-electron chi connectivity index (χ4n) is 2.38. The second-order valence-electron chi connectivity index (χ2n) is 5.26. The maximum absolute atomic E-state index is 13.8. The first-order chi connectivity index (χ1) is 8.49. The van der Waals surface area contributed by atoms with Gasteiger partial charge in [0, 0.05) is 18.3 Å². The smallest absolute Gasteiger partial charge is 0.126 e. The zero-order chi connectivity index (χ0) is 13.3. The van der Waals surface area contributed by atoms with Crippen LogP contribution < -0.4 is 5.43 Å². The van der Waals surface area contributed by atoms with E-state index < -0.39 is 0 Å². The molecular formula is C15H21FN2. The molecule has 0 amide bonds. The molecule has 0 radical (unpaired) electrons. The lowest BCUT2D eigenvalue weighted by Crippen LogP contribution is -2.36. The van der Waals surface area contributed by atoms with Gasteiger partial charge < -0.3 is 5.01 Å². The van der Waals surface area contributed by atoms with Crippen LogP contribution in [0.2, 0.25) is 0 Å². The highest BCUT2D eigenvalue weighted by Crippen LogP contribution is 2.22. The largest absolute Gasteiger partial charge is 0.310 e. The predicted octanol–water partition coefficient (Wildman–Crippen LogP) is 3.18. The van der Waals surface area contributed by atoms with E-state index in [1.165, 1.54) is 11.3 Å². The van der Waals surface area contributed by atoms with Crippen LogP contribution in [0.25, 0.3) is 0 Å². The lowest BCUT2D eigenvalue weighted by atomic mass is 10.0. The number of hydrazine groups is 1. The third-order valence-corrected chi connectivity index (χ3v) is 3.46. The fraction of sp³-hybridized carbons (Fsp3) is 0.467. The average Bonchev–Trinajstić information content (AvgIpc) is 2.64. The lowest BCUT2D eigenvalue weighted by molar-refractivity contribution is 0.228. The van der Waals surface area contributed by atoms with Crippen molar-refractivity contribution in [3.63, 3.8) is 0 Å². The highest BCUT2D eigenvalue weighted by atomic mass is 19.1. The monoisotopic (exact) mass is 248 g/mol. The van der Waals surface area contributed by atoms with Gasteiger partial charge in [-0.3, -0.25) is 0 Å². The molecule has 0 unspecified atom stereocenters. The summed E-state index contributed by atoms with van der Waals surface area (Å²) >= 11 is 0. The Balaban J connectivity index is 2.19. The van der Waals surface area contributed by atoms with Crippen LogP contribution in [0.15, 0.2) is 29.5 Å². The Bertz CT molecular complexity index is 477. The number of benzene rings is 1. The third-order valence-electron chi connectivity index (χ3n) is 3.46. The molecular weight excluding hydrogens is 227 g/mol. The summed E-state index contributed by atoms with van der Waals surface area (Å²) in [5, 5.41) is 2.15. The van der Waals surface area contributed by atoms with E-state index in [1.807, 2.05) is 19.1 Å². The van der Waals surface area contributed by atoms with E-state index in [4.69, 9.17) is 0 Å². The van der Waals surface area contributed by atoms with Crippen molar-refractivity contribution >= 4 is 0 Å². The molecule has 18 heavy (non-hydrogen) atoms. The van der Waals surface area contributed by atoms with E-state index in [9.17, 15) is 4.39 Å². The molecule has 0 aliphatic carbocycles. The molecule has 2 rings (SSSR count). The molecule has 0 fully saturated rings. The van der Waals surface area contributed by atoms with Crippen LogP contribution in [0.4, 0.5) is 4.39 Å². The first kappa shape index (κ1) is 13.1. The normalized spacial score (nSPS) is 16.0. The van der Waals surface area contributed by atoms with Gasteiger partial charge in [0.05, 0.1) is 0 Å². The minimum Gasteiger partial charge on any atom is -0.310 e. The Labute approximate surface area is 108 Å². The molecule has 0 spiro atoms. The summed E-state index contributed by atoms with van der Waals surface area (Å²) in [6.45, 7) is 9.12. The Hall–Kier alpha value is -1.35. The van der Waals surface area contributed by atoms with Gasteiger partial charge in [0.1, 0.15) is 5.82 Å². The summed E-state index contributed by atoms with van der Waals surface area (Å²) in [4.78, 5) is 0. The fourth-order valence-corrected chi connectivity index (χ4v) is 2.38. The van der Waals surface area contributed by atoms with E-state index in [0.29, 0.717) is 12.5 Å². The Morgan fingerprint density at radius 1 is 1.33 bits per heavy atom. The van der Waals surface area contributed by atoms with Gasteiger partial charge in [-0.2, -0.15) is 0 Å². The van der Waals surface area contributed by atoms with Gasteiger partial charge in [-0.15, -0.1) is 0 Å². The molecule has 2 nitrogen and oxygen atoms in total. The molecule has 0 saturated carbocycles. The summed E-state index contributed by atoms with van der Waals surface area (Å²) in [6, 6.07) is 5.89. The second-order valence-corrected chi connectivity index (χ2v) is 5.26. The van der Waals surface area contributed by atoms with Gasteiger partial charge in [0.15, 0.2) is 0 Å². The van der Waals surface area contributed by atoms with Crippen molar-refractivity contribution in [1.29, 1.82) is 0 Å². The Kier molecular flexibility index (Phi) is 3.71.